The van der Waals surface area contributed by atoms with Crippen LogP contribution in [-0.2, 0) is 11.3 Å². The van der Waals surface area contributed by atoms with Gasteiger partial charge in [0.1, 0.15) is 5.82 Å². The second-order valence-electron chi connectivity index (χ2n) is 7.06. The number of carbonyl (C=O) groups excluding carboxylic acids is 1. The molecule has 1 aromatic rings. The summed E-state index contributed by atoms with van der Waals surface area (Å²) in [6.45, 7) is 10.7. The quantitative estimate of drug-likeness (QED) is 0.369. The van der Waals surface area contributed by atoms with Crippen molar-refractivity contribution in [1.82, 2.24) is 20.1 Å². The molecule has 1 N–H and O–H groups in total. The van der Waals surface area contributed by atoms with E-state index in [1.54, 1.807) is 4.90 Å². The van der Waals surface area contributed by atoms with Crippen LogP contribution in [0.2, 0.25) is 0 Å². The number of nitrogens with one attached hydrogen (secondary N) is 1. The lowest BCUT2D eigenvalue weighted by atomic mass is 10.3. The van der Waals surface area contributed by atoms with E-state index in [2.05, 4.69) is 39.2 Å². The Labute approximate surface area is 190 Å². The van der Waals surface area contributed by atoms with Gasteiger partial charge in [-0.15, -0.1) is 24.0 Å². The highest BCUT2D eigenvalue weighted by Crippen LogP contribution is 2.17. The summed E-state index contributed by atoms with van der Waals surface area (Å²) in [6, 6.07) is 4.22. The highest BCUT2D eigenvalue weighted by atomic mass is 127. The maximum atomic E-state index is 11.9. The van der Waals surface area contributed by atoms with Gasteiger partial charge in [0.05, 0.1) is 13.2 Å². The zero-order valence-corrected chi connectivity index (χ0v) is 19.8. The smallest absolute Gasteiger partial charge is 0.409 e. The van der Waals surface area contributed by atoms with Crippen LogP contribution in [0.3, 0.4) is 0 Å². The van der Waals surface area contributed by atoms with Crippen molar-refractivity contribution in [3.05, 3.63) is 23.9 Å². The summed E-state index contributed by atoms with van der Waals surface area (Å²) < 4.78 is 5.09. The van der Waals surface area contributed by atoms with Crippen molar-refractivity contribution < 1.29 is 9.53 Å². The third-order valence-corrected chi connectivity index (χ3v) is 5.09. The lowest BCUT2D eigenvalue weighted by molar-refractivity contribution is 0.0914. The second kappa shape index (κ2) is 12.0. The number of guanidine groups is 1. The van der Waals surface area contributed by atoms with Crippen LogP contribution >= 0.6 is 24.0 Å². The largest absolute Gasteiger partial charge is 0.450 e. The normalized spacial score (nSPS) is 17.2. The number of rotatable bonds is 5. The van der Waals surface area contributed by atoms with Crippen LogP contribution in [0.4, 0.5) is 10.6 Å². The molecular formula is C20H33IN6O2. The van der Waals surface area contributed by atoms with Gasteiger partial charge in [-0.05, 0) is 38.3 Å². The fraction of sp³-hybridized carbons (Fsp3) is 0.650. The van der Waals surface area contributed by atoms with E-state index in [1.165, 1.54) is 12.8 Å². The van der Waals surface area contributed by atoms with Gasteiger partial charge in [-0.2, -0.15) is 0 Å². The van der Waals surface area contributed by atoms with Gasteiger partial charge in [0.15, 0.2) is 5.96 Å². The molecule has 0 aliphatic carbocycles. The summed E-state index contributed by atoms with van der Waals surface area (Å²) >= 11 is 0. The summed E-state index contributed by atoms with van der Waals surface area (Å²) in [5, 5.41) is 3.36. The molecule has 0 atom stereocenters. The molecule has 3 rings (SSSR count). The Morgan fingerprint density at radius 1 is 1.10 bits per heavy atom. The Balaban J connectivity index is 0.00000300. The second-order valence-corrected chi connectivity index (χ2v) is 7.06. The highest BCUT2D eigenvalue weighted by molar-refractivity contribution is 14.0. The number of carbonyl (C=O) groups is 1. The van der Waals surface area contributed by atoms with Gasteiger partial charge in [0.2, 0.25) is 0 Å². The minimum Gasteiger partial charge on any atom is -0.450 e. The van der Waals surface area contributed by atoms with Crippen LogP contribution in [0.1, 0.15) is 32.3 Å². The van der Waals surface area contributed by atoms with Crippen LogP contribution < -0.4 is 10.2 Å². The van der Waals surface area contributed by atoms with Crippen LogP contribution in [0.5, 0.6) is 0 Å². The van der Waals surface area contributed by atoms with Crippen molar-refractivity contribution >= 4 is 41.8 Å². The first-order valence-electron chi connectivity index (χ1n) is 10.4. The van der Waals surface area contributed by atoms with Crippen LogP contribution in [0.15, 0.2) is 23.3 Å². The van der Waals surface area contributed by atoms with E-state index in [0.717, 1.165) is 50.1 Å². The Hall–Kier alpha value is -1.78. The van der Waals surface area contributed by atoms with Gasteiger partial charge >= 0.3 is 6.09 Å². The monoisotopic (exact) mass is 516 g/mol. The van der Waals surface area contributed by atoms with E-state index in [4.69, 9.17) is 9.73 Å². The molecule has 0 radical (unpaired) electrons. The fourth-order valence-corrected chi connectivity index (χ4v) is 3.55. The first kappa shape index (κ1) is 23.5. The molecule has 8 nitrogen and oxygen atoms in total. The number of nitrogens with zero attached hydrogens (tertiary/aromatic N) is 5. The molecule has 0 aromatic carbocycles. The number of aromatic nitrogens is 1. The number of aliphatic imine (C=N–C) groups is 1. The maximum Gasteiger partial charge on any atom is 0.409 e. The number of ether oxygens (including phenoxy) is 1. The number of halogens is 1. The molecule has 2 aliphatic heterocycles. The zero-order valence-electron chi connectivity index (χ0n) is 17.5. The molecule has 2 aliphatic rings. The molecular weight excluding hydrogens is 483 g/mol. The van der Waals surface area contributed by atoms with Crippen molar-refractivity contribution in [1.29, 1.82) is 0 Å². The predicted molar refractivity (Wildman–Crippen MR) is 126 cm³/mol. The molecule has 0 spiro atoms. The van der Waals surface area contributed by atoms with Gasteiger partial charge in [-0.3, -0.25) is 0 Å². The highest BCUT2D eigenvalue weighted by Gasteiger charge is 2.23. The van der Waals surface area contributed by atoms with Crippen molar-refractivity contribution in [3.63, 3.8) is 0 Å². The average Bonchev–Trinajstić information content (AvgIpc) is 3.27. The van der Waals surface area contributed by atoms with Gasteiger partial charge in [0.25, 0.3) is 0 Å². The first-order chi connectivity index (χ1) is 13.7. The van der Waals surface area contributed by atoms with E-state index in [9.17, 15) is 4.79 Å². The van der Waals surface area contributed by atoms with Crippen molar-refractivity contribution in [3.8, 4) is 0 Å². The average molecular weight is 516 g/mol. The lowest BCUT2D eigenvalue weighted by Crippen LogP contribution is -2.53. The van der Waals surface area contributed by atoms with Crippen molar-refractivity contribution in [2.75, 3.05) is 57.3 Å². The standard InChI is InChI=1S/C20H32N6O2.HI/c1-3-21-19(25-11-13-26(14-12-25)20(27)28-4-2)23-16-17-7-8-18(22-15-17)24-9-5-6-10-24;/h7-8,15H,3-6,9-14,16H2,1-2H3,(H,21,23);1H. The van der Waals surface area contributed by atoms with Gasteiger partial charge in [0, 0.05) is 52.0 Å². The molecule has 29 heavy (non-hydrogen) atoms. The molecule has 1 amide bonds. The minimum atomic E-state index is -0.228. The number of anilines is 1. The van der Waals surface area contributed by atoms with Crippen LogP contribution in [-0.4, -0.2) is 79.3 Å². The van der Waals surface area contributed by atoms with E-state index in [1.807, 2.05) is 13.1 Å². The van der Waals surface area contributed by atoms with Crippen LogP contribution in [0.25, 0.3) is 0 Å². The summed E-state index contributed by atoms with van der Waals surface area (Å²) in [7, 11) is 0. The van der Waals surface area contributed by atoms with E-state index in [-0.39, 0.29) is 30.1 Å². The van der Waals surface area contributed by atoms with Crippen molar-refractivity contribution in [2.24, 2.45) is 4.99 Å². The zero-order chi connectivity index (χ0) is 19.8. The third kappa shape index (κ3) is 6.61. The van der Waals surface area contributed by atoms with Gasteiger partial charge in [-0.25, -0.2) is 14.8 Å². The number of amides is 1. The number of hydrogen-bond acceptors (Lipinski definition) is 5. The Morgan fingerprint density at radius 2 is 1.79 bits per heavy atom. The Morgan fingerprint density at radius 3 is 2.38 bits per heavy atom. The summed E-state index contributed by atoms with van der Waals surface area (Å²) in [5.74, 6) is 1.95. The maximum absolute atomic E-state index is 11.9. The summed E-state index contributed by atoms with van der Waals surface area (Å²) in [6.07, 6.45) is 4.21. The third-order valence-electron chi connectivity index (χ3n) is 5.09. The van der Waals surface area contributed by atoms with E-state index < -0.39 is 0 Å². The molecule has 2 saturated heterocycles. The van der Waals surface area contributed by atoms with Gasteiger partial charge < -0.3 is 24.8 Å². The van der Waals surface area contributed by atoms with Crippen LogP contribution in [0, 0.1) is 0 Å². The molecule has 2 fully saturated rings. The van der Waals surface area contributed by atoms with E-state index in [0.29, 0.717) is 26.2 Å². The molecule has 9 heteroatoms. The summed E-state index contributed by atoms with van der Waals surface area (Å²) in [5.41, 5.74) is 1.10. The molecule has 0 bridgehead atoms. The Kier molecular flexibility index (Phi) is 9.75. The van der Waals surface area contributed by atoms with Crippen molar-refractivity contribution in [2.45, 2.75) is 33.2 Å². The van der Waals surface area contributed by atoms with Gasteiger partial charge in [-0.1, -0.05) is 6.07 Å². The summed E-state index contributed by atoms with van der Waals surface area (Å²) in [4.78, 5) is 27.5. The first-order valence-corrected chi connectivity index (χ1v) is 10.4. The Bertz CT molecular complexity index is 655. The molecule has 3 heterocycles. The minimum absolute atomic E-state index is 0. The molecule has 0 saturated carbocycles. The number of piperazine rings is 1. The molecule has 162 valence electrons. The lowest BCUT2D eigenvalue weighted by Gasteiger charge is -2.35. The topological polar surface area (TPSA) is 73.3 Å². The molecule has 1 aromatic heterocycles. The van der Waals surface area contributed by atoms with E-state index >= 15 is 0 Å². The number of pyridine rings is 1. The molecule has 0 unspecified atom stereocenters. The number of hydrogen-bond donors (Lipinski definition) is 1. The fourth-order valence-electron chi connectivity index (χ4n) is 3.55. The SMILES string of the molecule is CCNC(=NCc1ccc(N2CCCC2)nc1)N1CCN(C(=O)OCC)CC1.I. The predicted octanol–water partition coefficient (Wildman–Crippen LogP) is 2.54.